The monoisotopic (exact) mass is 349 g/mol. The number of carbonyl (C=O) groups excluding carboxylic acids is 1. The number of rotatable bonds is 5. The third-order valence-corrected chi connectivity index (χ3v) is 5.32. The number of aromatic nitrogens is 3. The van der Waals surface area contributed by atoms with Crippen LogP contribution in [0.5, 0.6) is 0 Å². The highest BCUT2D eigenvalue weighted by Gasteiger charge is 2.28. The van der Waals surface area contributed by atoms with Crippen LogP contribution in [0.25, 0.3) is 4.96 Å². The molecule has 2 unspecified atom stereocenters. The molecule has 1 aliphatic rings. The Morgan fingerprint density at radius 1 is 1.54 bits per heavy atom. The van der Waals surface area contributed by atoms with E-state index in [-0.39, 0.29) is 23.4 Å². The van der Waals surface area contributed by atoms with Gasteiger partial charge in [0, 0.05) is 31.4 Å². The zero-order chi connectivity index (χ0) is 17.1. The highest BCUT2D eigenvalue weighted by Crippen LogP contribution is 2.26. The molecular weight excluding hydrogens is 326 g/mol. The van der Waals surface area contributed by atoms with Gasteiger partial charge in [-0.15, -0.1) is 5.10 Å². The van der Waals surface area contributed by atoms with Crippen LogP contribution in [0.4, 0.5) is 5.13 Å². The molecule has 1 saturated heterocycles. The first-order chi connectivity index (χ1) is 11.6. The quantitative estimate of drug-likeness (QED) is 0.888. The lowest BCUT2D eigenvalue weighted by atomic mass is 9.97. The van der Waals surface area contributed by atoms with Gasteiger partial charge in [0.1, 0.15) is 0 Å². The van der Waals surface area contributed by atoms with Gasteiger partial charge < -0.3 is 10.2 Å². The van der Waals surface area contributed by atoms with Crippen molar-refractivity contribution in [2.75, 3.05) is 18.0 Å². The Labute approximate surface area is 144 Å². The lowest BCUT2D eigenvalue weighted by Crippen LogP contribution is -2.45. The summed E-state index contributed by atoms with van der Waals surface area (Å²) in [5.41, 5.74) is -0.179. The van der Waals surface area contributed by atoms with Crippen LogP contribution in [0.2, 0.25) is 0 Å². The van der Waals surface area contributed by atoms with E-state index in [1.807, 2.05) is 6.92 Å². The number of hydrogen-bond acceptors (Lipinski definition) is 6. The molecule has 7 nitrogen and oxygen atoms in total. The number of nitrogens with one attached hydrogen (secondary N) is 1. The molecule has 1 amide bonds. The summed E-state index contributed by atoms with van der Waals surface area (Å²) in [6, 6.07) is 1.61. The minimum absolute atomic E-state index is 0.0326. The van der Waals surface area contributed by atoms with Crippen molar-refractivity contribution in [2.45, 2.75) is 45.6 Å². The summed E-state index contributed by atoms with van der Waals surface area (Å²) >= 11 is 1.39. The SMILES string of the molecule is CCCC(C)NC(=O)C1CCCN(c2nn3c(=O)ccnc3s2)C1. The molecule has 2 atom stereocenters. The van der Waals surface area contributed by atoms with E-state index >= 15 is 0 Å². The van der Waals surface area contributed by atoms with Gasteiger partial charge in [-0.1, -0.05) is 24.7 Å². The molecule has 8 heteroatoms. The van der Waals surface area contributed by atoms with Gasteiger partial charge in [0.15, 0.2) is 0 Å². The van der Waals surface area contributed by atoms with Gasteiger partial charge in [0.05, 0.1) is 5.92 Å². The van der Waals surface area contributed by atoms with Gasteiger partial charge in [0.2, 0.25) is 16.0 Å². The molecule has 1 fully saturated rings. The number of nitrogens with zero attached hydrogens (tertiary/aromatic N) is 4. The fraction of sp³-hybridized carbons (Fsp3) is 0.625. The summed E-state index contributed by atoms with van der Waals surface area (Å²) in [5.74, 6) is 0.0896. The second-order valence-corrected chi connectivity index (χ2v) is 7.28. The van der Waals surface area contributed by atoms with Crippen molar-refractivity contribution >= 4 is 27.3 Å². The van der Waals surface area contributed by atoms with Crippen LogP contribution in [0.15, 0.2) is 17.1 Å². The van der Waals surface area contributed by atoms with Gasteiger partial charge in [0.25, 0.3) is 5.56 Å². The summed E-state index contributed by atoms with van der Waals surface area (Å²) in [6.07, 6.45) is 5.39. The molecule has 0 bridgehead atoms. The normalized spacial score (nSPS) is 19.4. The molecule has 0 radical (unpaired) electrons. The molecule has 3 rings (SSSR count). The molecule has 0 saturated carbocycles. The highest BCUT2D eigenvalue weighted by molar-refractivity contribution is 7.20. The fourth-order valence-electron chi connectivity index (χ4n) is 3.09. The van der Waals surface area contributed by atoms with Crippen molar-refractivity contribution in [1.82, 2.24) is 19.9 Å². The number of piperidine rings is 1. The average molecular weight is 349 g/mol. The van der Waals surface area contributed by atoms with Crippen molar-refractivity contribution in [2.24, 2.45) is 5.92 Å². The fourth-order valence-corrected chi connectivity index (χ4v) is 4.00. The third kappa shape index (κ3) is 3.58. The minimum Gasteiger partial charge on any atom is -0.353 e. The van der Waals surface area contributed by atoms with Crippen LogP contribution in [-0.2, 0) is 4.79 Å². The van der Waals surface area contributed by atoms with Crippen LogP contribution in [0, 0.1) is 5.92 Å². The van der Waals surface area contributed by atoms with Gasteiger partial charge in [-0.25, -0.2) is 4.98 Å². The Morgan fingerprint density at radius 3 is 3.12 bits per heavy atom. The molecule has 0 spiro atoms. The highest BCUT2D eigenvalue weighted by atomic mass is 32.1. The Morgan fingerprint density at radius 2 is 2.38 bits per heavy atom. The Kier molecular flexibility index (Phi) is 5.13. The van der Waals surface area contributed by atoms with E-state index in [0.717, 1.165) is 37.4 Å². The number of carbonyl (C=O) groups is 1. The minimum atomic E-state index is -0.179. The second-order valence-electron chi connectivity index (χ2n) is 6.35. The maximum absolute atomic E-state index is 12.5. The maximum Gasteiger partial charge on any atom is 0.275 e. The molecule has 3 heterocycles. The lowest BCUT2D eigenvalue weighted by Gasteiger charge is -2.32. The number of anilines is 1. The molecular formula is C16H23N5O2S. The van der Waals surface area contributed by atoms with Crippen LogP contribution < -0.4 is 15.8 Å². The summed E-state index contributed by atoms with van der Waals surface area (Å²) in [6.45, 7) is 5.66. The van der Waals surface area contributed by atoms with E-state index in [0.29, 0.717) is 11.5 Å². The van der Waals surface area contributed by atoms with Crippen LogP contribution >= 0.6 is 11.3 Å². The molecule has 1 aliphatic heterocycles. The first-order valence-corrected chi connectivity index (χ1v) is 9.30. The standard InChI is InChI=1S/C16H23N5O2S/c1-3-5-11(2)18-14(23)12-6-4-9-20(10-12)16-19-21-13(22)7-8-17-15(21)24-16/h7-8,11-12H,3-6,9-10H2,1-2H3,(H,18,23). The first kappa shape index (κ1) is 16.9. The van der Waals surface area contributed by atoms with E-state index in [1.54, 1.807) is 0 Å². The summed E-state index contributed by atoms with van der Waals surface area (Å²) in [4.78, 5) is 31.1. The van der Waals surface area contributed by atoms with Gasteiger partial charge in [-0.05, 0) is 26.2 Å². The van der Waals surface area contributed by atoms with E-state index in [2.05, 4.69) is 27.2 Å². The smallest absolute Gasteiger partial charge is 0.275 e. The lowest BCUT2D eigenvalue weighted by molar-refractivity contribution is -0.125. The van der Waals surface area contributed by atoms with E-state index in [9.17, 15) is 9.59 Å². The van der Waals surface area contributed by atoms with Gasteiger partial charge >= 0.3 is 0 Å². The summed E-state index contributed by atoms with van der Waals surface area (Å²) < 4.78 is 1.33. The Balaban J connectivity index is 1.71. The van der Waals surface area contributed by atoms with Gasteiger partial charge in [-0.2, -0.15) is 4.52 Å². The molecule has 2 aromatic rings. The number of fused-ring (bicyclic) bond motifs is 1. The molecule has 24 heavy (non-hydrogen) atoms. The largest absolute Gasteiger partial charge is 0.353 e. The molecule has 1 N–H and O–H groups in total. The van der Waals surface area contributed by atoms with E-state index in [1.165, 1.54) is 28.1 Å². The van der Waals surface area contributed by atoms with Crippen molar-refractivity contribution < 1.29 is 4.79 Å². The molecule has 130 valence electrons. The third-order valence-electron chi connectivity index (χ3n) is 4.33. The van der Waals surface area contributed by atoms with Crippen molar-refractivity contribution in [3.8, 4) is 0 Å². The zero-order valence-corrected chi connectivity index (χ0v) is 14.9. The van der Waals surface area contributed by atoms with Crippen LogP contribution in [0.1, 0.15) is 39.5 Å². The van der Waals surface area contributed by atoms with Crippen molar-refractivity contribution in [3.63, 3.8) is 0 Å². The van der Waals surface area contributed by atoms with E-state index in [4.69, 9.17) is 0 Å². The summed E-state index contributed by atoms with van der Waals surface area (Å²) in [5, 5.41) is 8.24. The number of amides is 1. The topological polar surface area (TPSA) is 79.6 Å². The molecule has 0 aliphatic carbocycles. The Bertz CT molecular complexity index is 771. The Hall–Kier alpha value is -1.96. The van der Waals surface area contributed by atoms with Crippen molar-refractivity contribution in [3.05, 3.63) is 22.6 Å². The first-order valence-electron chi connectivity index (χ1n) is 8.48. The average Bonchev–Trinajstić information content (AvgIpc) is 3.01. The molecule has 2 aromatic heterocycles. The summed E-state index contributed by atoms with van der Waals surface area (Å²) in [7, 11) is 0. The van der Waals surface area contributed by atoms with Crippen LogP contribution in [-0.4, -0.2) is 39.6 Å². The van der Waals surface area contributed by atoms with Crippen molar-refractivity contribution in [1.29, 1.82) is 0 Å². The zero-order valence-electron chi connectivity index (χ0n) is 14.1. The second kappa shape index (κ2) is 7.29. The van der Waals surface area contributed by atoms with E-state index < -0.39 is 0 Å². The predicted molar refractivity (Wildman–Crippen MR) is 94.6 cm³/mol. The predicted octanol–water partition coefficient (Wildman–Crippen LogP) is 1.67. The van der Waals surface area contributed by atoms with Crippen LogP contribution in [0.3, 0.4) is 0 Å². The maximum atomic E-state index is 12.5. The molecule has 0 aromatic carbocycles. The number of hydrogen-bond donors (Lipinski definition) is 1. The van der Waals surface area contributed by atoms with Gasteiger partial charge in [-0.3, -0.25) is 9.59 Å².